The van der Waals surface area contributed by atoms with Gasteiger partial charge in [0.05, 0.1) is 5.69 Å². The molecular weight excluding hydrogens is 310 g/mol. The Morgan fingerprint density at radius 3 is 2.59 bits per heavy atom. The number of nitrogens with one attached hydrogen (secondary N) is 1. The zero-order chi connectivity index (χ0) is 14.9. The van der Waals surface area contributed by atoms with Gasteiger partial charge in [0.15, 0.2) is 0 Å². The zero-order valence-electron chi connectivity index (χ0n) is 11.8. The van der Waals surface area contributed by atoms with Crippen molar-refractivity contribution < 1.29 is 0 Å². The Bertz CT molecular complexity index is 907. The summed E-state index contributed by atoms with van der Waals surface area (Å²) in [6.45, 7) is 0. The molecule has 4 rings (SSSR count). The molecule has 1 N–H and O–H groups in total. The number of aromatic amines is 1. The van der Waals surface area contributed by atoms with Crippen LogP contribution in [0.5, 0.6) is 0 Å². The first-order chi connectivity index (χ1) is 10.8. The Labute approximate surface area is 138 Å². The first-order valence-electron chi connectivity index (χ1n) is 7.19. The summed E-state index contributed by atoms with van der Waals surface area (Å²) < 4.78 is 0. The molecule has 3 heteroatoms. The third kappa shape index (κ3) is 2.45. The molecule has 0 saturated heterocycles. The van der Waals surface area contributed by atoms with Gasteiger partial charge in [-0.2, -0.15) is 0 Å². The molecule has 0 aliphatic heterocycles. The van der Waals surface area contributed by atoms with Crippen LogP contribution in [0.15, 0.2) is 66.0 Å². The molecule has 0 atom stereocenters. The van der Waals surface area contributed by atoms with Crippen LogP contribution in [0.3, 0.4) is 0 Å². The van der Waals surface area contributed by atoms with Crippen LogP contribution in [0, 0.1) is 0 Å². The molecule has 0 unspecified atom stereocenters. The Kier molecular flexibility index (Phi) is 3.49. The van der Waals surface area contributed by atoms with Crippen LogP contribution in [0.25, 0.3) is 22.2 Å². The molecule has 1 nitrogen and oxygen atoms in total. The van der Waals surface area contributed by atoms with Crippen molar-refractivity contribution in [2.45, 2.75) is 6.42 Å². The van der Waals surface area contributed by atoms with Gasteiger partial charge in [-0.1, -0.05) is 54.1 Å². The number of fused-ring (bicyclic) bond motifs is 1. The molecule has 0 fully saturated rings. The number of hydrogen-bond acceptors (Lipinski definition) is 1. The van der Waals surface area contributed by atoms with E-state index in [-0.39, 0.29) is 0 Å². The maximum atomic E-state index is 6.15. The van der Waals surface area contributed by atoms with Gasteiger partial charge in [-0.15, -0.1) is 11.3 Å². The topological polar surface area (TPSA) is 15.8 Å². The number of aromatic nitrogens is 1. The van der Waals surface area contributed by atoms with E-state index >= 15 is 0 Å². The number of halogens is 1. The number of H-pyrrole nitrogens is 1. The maximum Gasteiger partial charge on any atom is 0.0501 e. The van der Waals surface area contributed by atoms with Crippen molar-refractivity contribution >= 4 is 33.8 Å². The Hall–Kier alpha value is -2.03. The molecular formula is C19H14ClNS. The van der Waals surface area contributed by atoms with Crippen molar-refractivity contribution in [3.63, 3.8) is 0 Å². The standard InChI is InChI=1S/C19H14ClNS/c20-14-8-9-16-17(12-15-7-4-10-22-15)19(21-18(16)11-14)13-5-2-1-3-6-13/h1-11,21H,12H2. The first kappa shape index (κ1) is 13.6. The van der Waals surface area contributed by atoms with Crippen LogP contribution in [0.2, 0.25) is 5.02 Å². The average molecular weight is 324 g/mol. The fourth-order valence-corrected chi connectivity index (χ4v) is 3.74. The van der Waals surface area contributed by atoms with Crippen LogP contribution in [0.1, 0.15) is 10.4 Å². The summed E-state index contributed by atoms with van der Waals surface area (Å²) in [7, 11) is 0. The molecule has 0 bridgehead atoms. The van der Waals surface area contributed by atoms with Crippen LogP contribution >= 0.6 is 22.9 Å². The highest BCUT2D eigenvalue weighted by Crippen LogP contribution is 2.34. The van der Waals surface area contributed by atoms with Crippen molar-refractivity contribution in [1.82, 2.24) is 4.98 Å². The lowest BCUT2D eigenvalue weighted by atomic mass is 10.0. The number of hydrogen-bond donors (Lipinski definition) is 1. The summed E-state index contributed by atoms with van der Waals surface area (Å²) in [4.78, 5) is 4.92. The molecule has 2 aromatic heterocycles. The fraction of sp³-hybridized carbons (Fsp3) is 0.0526. The largest absolute Gasteiger partial charge is 0.354 e. The third-order valence-corrected chi connectivity index (χ3v) is 4.97. The molecule has 2 aromatic carbocycles. The maximum absolute atomic E-state index is 6.15. The van der Waals surface area contributed by atoms with E-state index in [1.807, 2.05) is 18.2 Å². The van der Waals surface area contributed by atoms with Crippen molar-refractivity contribution in [1.29, 1.82) is 0 Å². The Morgan fingerprint density at radius 1 is 0.955 bits per heavy atom. The van der Waals surface area contributed by atoms with Crippen molar-refractivity contribution in [2.75, 3.05) is 0 Å². The molecule has 2 heterocycles. The van der Waals surface area contributed by atoms with Gasteiger partial charge < -0.3 is 4.98 Å². The second-order valence-corrected chi connectivity index (χ2v) is 6.76. The molecule has 0 aliphatic rings. The summed E-state index contributed by atoms with van der Waals surface area (Å²) in [6.07, 6.45) is 0.934. The van der Waals surface area contributed by atoms with Gasteiger partial charge in [0.2, 0.25) is 0 Å². The number of thiophene rings is 1. The van der Waals surface area contributed by atoms with E-state index in [2.05, 4.69) is 52.8 Å². The van der Waals surface area contributed by atoms with E-state index in [1.54, 1.807) is 11.3 Å². The van der Waals surface area contributed by atoms with Crippen LogP contribution < -0.4 is 0 Å². The predicted molar refractivity (Wildman–Crippen MR) is 95.9 cm³/mol. The Morgan fingerprint density at radius 2 is 1.82 bits per heavy atom. The second-order valence-electron chi connectivity index (χ2n) is 5.29. The van der Waals surface area contributed by atoms with Gasteiger partial charge in [0.25, 0.3) is 0 Å². The van der Waals surface area contributed by atoms with Gasteiger partial charge in [0.1, 0.15) is 0 Å². The molecule has 0 radical (unpaired) electrons. The summed E-state index contributed by atoms with van der Waals surface area (Å²) in [6, 6.07) is 20.8. The molecule has 0 amide bonds. The summed E-state index contributed by atoms with van der Waals surface area (Å²) in [5.41, 5.74) is 4.82. The normalized spacial score (nSPS) is 11.1. The predicted octanol–water partition coefficient (Wildman–Crippen LogP) is 6.14. The van der Waals surface area contributed by atoms with Crippen molar-refractivity contribution in [3.05, 3.63) is 81.5 Å². The fourth-order valence-electron chi connectivity index (χ4n) is 2.85. The lowest BCUT2D eigenvalue weighted by Crippen LogP contribution is -1.88. The lowest BCUT2D eigenvalue weighted by Gasteiger charge is -2.04. The van der Waals surface area contributed by atoms with E-state index < -0.39 is 0 Å². The minimum Gasteiger partial charge on any atom is -0.354 e. The summed E-state index contributed by atoms with van der Waals surface area (Å²) in [5, 5.41) is 4.14. The molecule has 0 aliphatic carbocycles. The summed E-state index contributed by atoms with van der Waals surface area (Å²) >= 11 is 7.95. The van der Waals surface area contributed by atoms with Gasteiger partial charge >= 0.3 is 0 Å². The molecule has 22 heavy (non-hydrogen) atoms. The Balaban J connectivity index is 1.94. The average Bonchev–Trinajstić information content (AvgIpc) is 3.17. The second kappa shape index (κ2) is 5.64. The van der Waals surface area contributed by atoms with E-state index in [1.165, 1.54) is 27.1 Å². The highest BCUT2D eigenvalue weighted by atomic mass is 35.5. The highest BCUT2D eigenvalue weighted by molar-refractivity contribution is 7.09. The SMILES string of the molecule is Clc1ccc2c(Cc3cccs3)c(-c3ccccc3)[nH]c2c1. The van der Waals surface area contributed by atoms with E-state index in [0.29, 0.717) is 0 Å². The van der Waals surface area contributed by atoms with Gasteiger partial charge in [-0.3, -0.25) is 0 Å². The van der Waals surface area contributed by atoms with Crippen LogP contribution in [0.4, 0.5) is 0 Å². The smallest absolute Gasteiger partial charge is 0.0501 e. The van der Waals surface area contributed by atoms with E-state index in [0.717, 1.165) is 17.0 Å². The quantitative estimate of drug-likeness (QED) is 0.466. The van der Waals surface area contributed by atoms with Gasteiger partial charge in [-0.05, 0) is 34.7 Å². The zero-order valence-corrected chi connectivity index (χ0v) is 13.4. The molecule has 108 valence electrons. The van der Waals surface area contributed by atoms with E-state index in [9.17, 15) is 0 Å². The van der Waals surface area contributed by atoms with Crippen LogP contribution in [-0.2, 0) is 6.42 Å². The van der Waals surface area contributed by atoms with E-state index in [4.69, 9.17) is 11.6 Å². The van der Waals surface area contributed by atoms with Crippen molar-refractivity contribution in [2.24, 2.45) is 0 Å². The lowest BCUT2D eigenvalue weighted by molar-refractivity contribution is 1.26. The highest BCUT2D eigenvalue weighted by Gasteiger charge is 2.14. The molecule has 0 spiro atoms. The minimum atomic E-state index is 0.760. The van der Waals surface area contributed by atoms with Gasteiger partial charge in [0, 0.05) is 27.2 Å². The number of benzene rings is 2. The molecule has 4 aromatic rings. The summed E-state index contributed by atoms with van der Waals surface area (Å²) in [5.74, 6) is 0. The van der Waals surface area contributed by atoms with Crippen molar-refractivity contribution in [3.8, 4) is 11.3 Å². The minimum absolute atomic E-state index is 0.760. The third-order valence-electron chi connectivity index (χ3n) is 3.86. The van der Waals surface area contributed by atoms with Crippen LogP contribution in [-0.4, -0.2) is 4.98 Å². The van der Waals surface area contributed by atoms with Gasteiger partial charge in [-0.25, -0.2) is 0 Å². The monoisotopic (exact) mass is 323 g/mol. The number of rotatable bonds is 3. The first-order valence-corrected chi connectivity index (χ1v) is 8.45. The molecule has 0 saturated carbocycles.